The Morgan fingerprint density at radius 1 is 0.492 bits per heavy atom. The van der Waals surface area contributed by atoms with Gasteiger partial charge in [-0.3, -0.25) is 0 Å². The number of halogens is 2. The van der Waals surface area contributed by atoms with Crippen molar-refractivity contribution in [3.63, 3.8) is 0 Å². The van der Waals surface area contributed by atoms with Crippen molar-refractivity contribution in [2.75, 3.05) is 22.9 Å². The van der Waals surface area contributed by atoms with E-state index >= 15 is 0 Å². The van der Waals surface area contributed by atoms with Crippen molar-refractivity contribution in [3.8, 4) is 20.9 Å². The molecule has 6 rings (SSSR count). The topological polar surface area (TPSA) is 123 Å². The summed E-state index contributed by atoms with van der Waals surface area (Å²) in [6.45, 7) is 15.2. The van der Waals surface area contributed by atoms with E-state index in [1.165, 1.54) is 113 Å². The summed E-state index contributed by atoms with van der Waals surface area (Å²) >= 11 is 12.1. The van der Waals surface area contributed by atoms with Crippen LogP contribution in [0.3, 0.4) is 0 Å². The lowest BCUT2D eigenvalue weighted by molar-refractivity contribution is 0.00578. The SMILES string of the molecule is C.CCCCCCc1ccc(-c2cc(N)c(-c3ccc(CCCCCC)s3)cc2N)s1.CCCCCCc1ccc(B2OC(C)(C)C(C)(C)O2)s1.Nc1cc(Br)c(N)cc1Br. The minimum atomic E-state index is -0.247. The van der Waals surface area contributed by atoms with Crippen molar-refractivity contribution in [1.82, 2.24) is 0 Å². The van der Waals surface area contributed by atoms with Gasteiger partial charge in [-0.25, -0.2) is 0 Å². The van der Waals surface area contributed by atoms with Crippen LogP contribution in [0.25, 0.3) is 20.9 Å². The molecule has 1 saturated heterocycles. The number of thiophene rings is 3. The summed E-state index contributed by atoms with van der Waals surface area (Å²) in [5.74, 6) is 0. The molecule has 1 aliphatic rings. The smallest absolute Gasteiger partial charge is 0.399 e. The van der Waals surface area contributed by atoms with Gasteiger partial charge in [-0.15, -0.1) is 34.0 Å². The molecule has 1 fully saturated rings. The highest BCUT2D eigenvalue weighted by Gasteiger charge is 2.52. The van der Waals surface area contributed by atoms with Gasteiger partial charge in [0, 0.05) is 72.0 Å². The average molecular weight is 1020 g/mol. The van der Waals surface area contributed by atoms with E-state index in [1.54, 1.807) is 12.1 Å². The number of unbranched alkanes of at least 4 members (excludes halogenated alkanes) is 9. The normalized spacial score (nSPS) is 13.9. The van der Waals surface area contributed by atoms with Gasteiger partial charge < -0.3 is 32.2 Å². The molecular formula is C49H73BBr2N4O2S3. The molecule has 61 heavy (non-hydrogen) atoms. The molecule has 8 N–H and O–H groups in total. The van der Waals surface area contributed by atoms with Gasteiger partial charge in [0.1, 0.15) is 0 Å². The fourth-order valence-electron chi connectivity index (χ4n) is 6.74. The quantitative estimate of drug-likeness (QED) is 0.0394. The van der Waals surface area contributed by atoms with Crippen molar-refractivity contribution in [3.05, 3.63) is 84.2 Å². The lowest BCUT2D eigenvalue weighted by Gasteiger charge is -2.32. The lowest BCUT2D eigenvalue weighted by Crippen LogP contribution is -2.41. The van der Waals surface area contributed by atoms with Gasteiger partial charge in [0.05, 0.1) is 11.2 Å². The molecule has 0 radical (unpaired) electrons. The van der Waals surface area contributed by atoms with Gasteiger partial charge in [0.2, 0.25) is 0 Å². The highest BCUT2D eigenvalue weighted by atomic mass is 79.9. The van der Waals surface area contributed by atoms with Gasteiger partial charge in [-0.2, -0.15) is 0 Å². The van der Waals surface area contributed by atoms with E-state index in [0.717, 1.165) is 44.3 Å². The number of benzene rings is 2. The van der Waals surface area contributed by atoms with E-state index in [0.29, 0.717) is 11.4 Å². The molecule has 0 spiro atoms. The molecule has 0 unspecified atom stereocenters. The minimum Gasteiger partial charge on any atom is -0.399 e. The molecule has 1 aliphatic heterocycles. The molecule has 3 aromatic heterocycles. The Kier molecular flexibility index (Phi) is 22.5. The fraction of sp³-hybridized carbons (Fsp3) is 0.510. The van der Waals surface area contributed by atoms with Crippen molar-refractivity contribution in [2.24, 2.45) is 0 Å². The molecule has 0 bridgehead atoms. The van der Waals surface area contributed by atoms with E-state index in [4.69, 9.17) is 32.2 Å². The summed E-state index contributed by atoms with van der Waals surface area (Å²) in [5.41, 5.74) is 28.7. The number of hydrogen-bond acceptors (Lipinski definition) is 9. The third-order valence-electron chi connectivity index (χ3n) is 11.2. The predicted molar refractivity (Wildman–Crippen MR) is 283 cm³/mol. The van der Waals surface area contributed by atoms with Crippen molar-refractivity contribution < 1.29 is 9.31 Å². The standard InChI is InChI=1S/C26H36N2S2.C16H27BO2S.C6H6Br2N2.CH4/c1-3-5-7-9-11-19-13-15-25(29-19)21-17-24(28)22(18-23(21)27)26-16-14-20(30-26)12-10-8-6-4-2;1-6-7-8-9-10-13-11-12-14(20-13)17-18-15(2,3)16(4,5)19-17;7-3-1-5(9)4(8)2-6(3)10;/h13-18H,3-12,27-28H2,1-2H3;11-12H,6-10H2,1-5H3;1-2H,9-10H2;1H4. The maximum absolute atomic E-state index is 6.48. The highest BCUT2D eigenvalue weighted by Crippen LogP contribution is 2.41. The molecule has 336 valence electrons. The van der Waals surface area contributed by atoms with Crippen LogP contribution < -0.4 is 27.7 Å². The third-order valence-corrected chi connectivity index (χ3v) is 16.1. The molecule has 2 aromatic carbocycles. The lowest BCUT2D eigenvalue weighted by atomic mass is 9.88. The Labute approximate surface area is 398 Å². The Hall–Kier alpha value is -2.32. The van der Waals surface area contributed by atoms with Crippen LogP contribution >= 0.6 is 65.9 Å². The molecule has 6 nitrogen and oxygen atoms in total. The average Bonchev–Trinajstić information content (AvgIpc) is 4.02. The molecule has 12 heteroatoms. The second-order valence-electron chi connectivity index (χ2n) is 16.8. The Morgan fingerprint density at radius 3 is 1.23 bits per heavy atom. The number of aryl methyl sites for hydroxylation is 3. The first kappa shape index (κ1) is 53.0. The number of anilines is 4. The largest absolute Gasteiger partial charge is 0.505 e. The Morgan fingerprint density at radius 2 is 0.852 bits per heavy atom. The molecule has 0 amide bonds. The zero-order valence-electron chi connectivity index (χ0n) is 37.1. The number of hydrogen-bond donors (Lipinski definition) is 4. The van der Waals surface area contributed by atoms with Crippen LogP contribution in [0.1, 0.15) is 148 Å². The maximum atomic E-state index is 6.48. The first-order valence-electron chi connectivity index (χ1n) is 21.9. The first-order chi connectivity index (χ1) is 28.6. The molecule has 5 aromatic rings. The summed E-state index contributed by atoms with van der Waals surface area (Å²) in [6, 6.07) is 21.0. The zero-order chi connectivity index (χ0) is 43.9. The molecular weight excluding hydrogens is 943 g/mol. The Balaban J connectivity index is 0.000000274. The summed E-state index contributed by atoms with van der Waals surface area (Å²) < 4.78 is 15.0. The summed E-state index contributed by atoms with van der Waals surface area (Å²) in [6.07, 6.45) is 19.1. The first-order valence-corrected chi connectivity index (χ1v) is 25.9. The van der Waals surface area contributed by atoms with Gasteiger partial charge in [-0.05, 0) is 153 Å². The molecule has 0 atom stereocenters. The Bertz CT molecular complexity index is 1920. The molecule has 0 saturated carbocycles. The van der Waals surface area contributed by atoms with Gasteiger partial charge >= 0.3 is 7.12 Å². The van der Waals surface area contributed by atoms with Crippen LogP contribution in [0.4, 0.5) is 22.7 Å². The molecule has 0 aliphatic carbocycles. The zero-order valence-corrected chi connectivity index (χ0v) is 42.7. The van der Waals surface area contributed by atoms with Crippen molar-refractivity contribution >= 4 is 101 Å². The minimum absolute atomic E-state index is 0. The number of nitrogens with two attached hydrogens (primary N) is 4. The second kappa shape index (κ2) is 25.8. The van der Waals surface area contributed by atoms with Crippen LogP contribution in [0.2, 0.25) is 0 Å². The number of rotatable bonds is 18. The van der Waals surface area contributed by atoms with Crippen LogP contribution in [0, 0.1) is 0 Å². The number of nitrogen functional groups attached to an aromatic ring is 4. The fourth-order valence-corrected chi connectivity index (χ4v) is 10.7. The van der Waals surface area contributed by atoms with Crippen molar-refractivity contribution in [1.29, 1.82) is 0 Å². The summed E-state index contributed by atoms with van der Waals surface area (Å²) in [4.78, 5) is 6.77. The van der Waals surface area contributed by atoms with E-state index < -0.39 is 0 Å². The third kappa shape index (κ3) is 16.0. The van der Waals surface area contributed by atoms with E-state index in [2.05, 4.69) is 129 Å². The van der Waals surface area contributed by atoms with Gasteiger partial charge in [-0.1, -0.05) is 92.1 Å². The second-order valence-corrected chi connectivity index (χ2v) is 22.0. The van der Waals surface area contributed by atoms with Crippen molar-refractivity contribution in [2.45, 2.75) is 163 Å². The monoisotopic (exact) mass is 1010 g/mol. The maximum Gasteiger partial charge on any atom is 0.505 e. The van der Waals surface area contributed by atoms with Crippen LogP contribution in [0.15, 0.2) is 69.6 Å². The molecule has 4 heterocycles. The highest BCUT2D eigenvalue weighted by molar-refractivity contribution is 9.11. The van der Waals surface area contributed by atoms with Crippen LogP contribution in [0.5, 0.6) is 0 Å². The van der Waals surface area contributed by atoms with E-state index in [-0.39, 0.29) is 25.7 Å². The summed E-state index contributed by atoms with van der Waals surface area (Å²) in [5, 5.41) is 0. The van der Waals surface area contributed by atoms with Gasteiger partial charge in [0.25, 0.3) is 0 Å². The van der Waals surface area contributed by atoms with E-state index in [1.807, 2.05) is 34.0 Å². The van der Waals surface area contributed by atoms with Gasteiger partial charge in [0.15, 0.2) is 0 Å². The summed E-state index contributed by atoms with van der Waals surface area (Å²) in [7, 11) is -0.200. The van der Waals surface area contributed by atoms with E-state index in [9.17, 15) is 0 Å². The van der Waals surface area contributed by atoms with Crippen LogP contribution in [-0.2, 0) is 28.6 Å². The predicted octanol–water partition coefficient (Wildman–Crippen LogP) is 15.7. The van der Waals surface area contributed by atoms with Crippen LogP contribution in [-0.4, -0.2) is 18.3 Å².